The van der Waals surface area contributed by atoms with Crippen molar-refractivity contribution < 1.29 is 32.0 Å². The maximum atomic E-state index is 11.6. The first-order chi connectivity index (χ1) is 5.97. The maximum Gasteiger partial charge on any atom is 1.00 e. The van der Waals surface area contributed by atoms with Crippen molar-refractivity contribution in [3.05, 3.63) is 29.3 Å². The van der Waals surface area contributed by atoms with Crippen molar-refractivity contribution in [3.8, 4) is 0 Å². The summed E-state index contributed by atoms with van der Waals surface area (Å²) < 4.78 is 34.8. The van der Waals surface area contributed by atoms with E-state index in [4.69, 9.17) is 11.6 Å². The minimum Gasteiger partial charge on any atom is -0.447 e. The third-order valence-corrected chi connectivity index (χ3v) is 1.39. The molecule has 0 bridgehead atoms. The number of nitrogens with zero attached hydrogens (tertiary/aromatic N) is 1. The number of benzene rings is 1. The van der Waals surface area contributed by atoms with Crippen LogP contribution in [0.4, 0.5) is 18.9 Å². The maximum absolute atomic E-state index is 11.6. The van der Waals surface area contributed by atoms with Crippen LogP contribution in [0.3, 0.4) is 0 Å². The fourth-order valence-electron chi connectivity index (χ4n) is 0.644. The molecule has 0 unspecified atom stereocenters. The van der Waals surface area contributed by atoms with E-state index in [-0.39, 0.29) is 24.5 Å². The van der Waals surface area contributed by atoms with Crippen LogP contribution in [0, 0.1) is 0 Å². The second-order valence-corrected chi connectivity index (χ2v) is 2.63. The fourth-order valence-corrected chi connectivity index (χ4v) is 0.770. The largest absolute Gasteiger partial charge is 1.00 e. The quantitative estimate of drug-likeness (QED) is 0.366. The second kappa shape index (κ2) is 5.45. The summed E-state index contributed by atoms with van der Waals surface area (Å²) in [6.07, 6.45) is -3.46. The summed E-state index contributed by atoms with van der Waals surface area (Å²) in [5.74, 6) is 0. The predicted molar refractivity (Wildman–Crippen MR) is 44.6 cm³/mol. The van der Waals surface area contributed by atoms with E-state index >= 15 is 0 Å². The third kappa shape index (κ3) is 5.33. The first-order valence-corrected chi connectivity index (χ1v) is 3.65. The molecule has 1 aromatic carbocycles. The number of rotatable bonds is 1. The second-order valence-electron chi connectivity index (χ2n) is 2.20. The van der Waals surface area contributed by atoms with Gasteiger partial charge in [0.15, 0.2) is 0 Å². The van der Waals surface area contributed by atoms with Gasteiger partial charge in [-0.2, -0.15) is 13.2 Å². The van der Waals surface area contributed by atoms with Crippen LogP contribution in [0.1, 0.15) is 0 Å². The first kappa shape index (κ1) is 13.6. The molecule has 14 heavy (non-hydrogen) atoms. The summed E-state index contributed by atoms with van der Waals surface area (Å²) >= 11 is 5.52. The van der Waals surface area contributed by atoms with E-state index in [1.54, 1.807) is 0 Å². The minimum atomic E-state index is -4.50. The molecule has 0 amide bonds. The molecule has 0 radical (unpaired) electrons. The van der Waals surface area contributed by atoms with Crippen molar-refractivity contribution in [1.82, 2.24) is 0 Å². The van der Waals surface area contributed by atoms with Gasteiger partial charge in [-0.1, -0.05) is 35.6 Å². The van der Waals surface area contributed by atoms with Crippen LogP contribution >= 0.6 is 11.6 Å². The Morgan fingerprint density at radius 3 is 2.07 bits per heavy atom. The molecule has 0 spiro atoms. The van der Waals surface area contributed by atoms with Gasteiger partial charge in [-0.15, -0.1) is 12.1 Å². The van der Waals surface area contributed by atoms with E-state index in [1.165, 1.54) is 24.3 Å². The van der Waals surface area contributed by atoms with Gasteiger partial charge < -0.3 is 4.99 Å². The van der Waals surface area contributed by atoms with Crippen molar-refractivity contribution >= 4 is 23.5 Å². The van der Waals surface area contributed by atoms with Crippen LogP contribution in [0.15, 0.2) is 29.3 Å². The standard InChI is InChI=1S/C8H4ClF3N.Li/c9-6-1-3-7(4-2-6)13-5-8(10,11)12;/h1-4H;/q-1;+1. The van der Waals surface area contributed by atoms with Gasteiger partial charge in [-0.3, -0.25) is 0 Å². The topological polar surface area (TPSA) is 12.4 Å². The molecular weight excluding hydrogens is 209 g/mol. The molecule has 0 aliphatic carbocycles. The van der Waals surface area contributed by atoms with Crippen LogP contribution < -0.4 is 18.9 Å². The summed E-state index contributed by atoms with van der Waals surface area (Å²) in [4.78, 5) is 3.08. The molecule has 0 aliphatic heterocycles. The number of alkyl halides is 3. The zero-order valence-electron chi connectivity index (χ0n) is 7.27. The summed E-state index contributed by atoms with van der Waals surface area (Å²) in [7, 11) is 0. The van der Waals surface area contributed by atoms with Crippen molar-refractivity contribution in [3.63, 3.8) is 0 Å². The molecule has 0 saturated heterocycles. The van der Waals surface area contributed by atoms with Gasteiger partial charge in [-0.05, 0) is 0 Å². The van der Waals surface area contributed by atoms with E-state index in [2.05, 4.69) is 4.99 Å². The van der Waals surface area contributed by atoms with Gasteiger partial charge in [0.2, 0.25) is 0 Å². The molecular formula is C8H4ClF3LiN. The van der Waals surface area contributed by atoms with Crippen molar-refractivity contribution in [2.75, 3.05) is 0 Å². The summed E-state index contributed by atoms with van der Waals surface area (Å²) in [6, 6.07) is 5.67. The SMILES string of the molecule is FC(F)(F)[C-]=Nc1ccc(Cl)cc1.[Li+]. The van der Waals surface area contributed by atoms with E-state index in [9.17, 15) is 13.2 Å². The number of aliphatic imine (C=N–C) groups is 1. The third-order valence-electron chi connectivity index (χ3n) is 1.14. The van der Waals surface area contributed by atoms with E-state index in [1.807, 2.05) is 0 Å². The van der Waals surface area contributed by atoms with Crippen LogP contribution in [0.2, 0.25) is 5.02 Å². The van der Waals surface area contributed by atoms with Gasteiger partial charge in [0.25, 0.3) is 0 Å². The molecule has 0 saturated carbocycles. The van der Waals surface area contributed by atoms with Gasteiger partial charge in [-0.25, -0.2) is 0 Å². The molecule has 1 nitrogen and oxygen atoms in total. The Hall–Kier alpha value is -0.433. The van der Waals surface area contributed by atoms with Crippen molar-refractivity contribution in [2.45, 2.75) is 6.18 Å². The zero-order valence-corrected chi connectivity index (χ0v) is 8.02. The molecule has 6 heteroatoms. The van der Waals surface area contributed by atoms with Crippen molar-refractivity contribution in [1.29, 1.82) is 0 Å². The number of hydrogen-bond donors (Lipinski definition) is 0. The van der Waals surface area contributed by atoms with Gasteiger partial charge in [0, 0.05) is 5.02 Å². The fraction of sp³-hybridized carbons (Fsp3) is 0.125. The zero-order chi connectivity index (χ0) is 9.90. The number of halogens is 4. The van der Waals surface area contributed by atoms with E-state index in [0.29, 0.717) is 5.02 Å². The van der Waals surface area contributed by atoms with E-state index < -0.39 is 6.18 Å². The van der Waals surface area contributed by atoms with Gasteiger partial charge in [0.05, 0.1) is 0 Å². The molecule has 1 rings (SSSR count). The molecule has 0 atom stereocenters. The van der Waals surface area contributed by atoms with Crippen molar-refractivity contribution in [2.24, 2.45) is 4.99 Å². The van der Waals surface area contributed by atoms with Crippen LogP contribution in [0.5, 0.6) is 0 Å². The number of hydrogen-bond acceptors (Lipinski definition) is 1. The normalized spacial score (nSPS) is 11.4. The Morgan fingerprint density at radius 1 is 1.14 bits per heavy atom. The van der Waals surface area contributed by atoms with E-state index in [0.717, 1.165) is 6.21 Å². The van der Waals surface area contributed by atoms with Crippen LogP contribution in [-0.4, -0.2) is 12.4 Å². The molecule has 0 N–H and O–H groups in total. The van der Waals surface area contributed by atoms with Gasteiger partial charge >= 0.3 is 25.0 Å². The molecule has 0 aromatic heterocycles. The Morgan fingerprint density at radius 2 is 1.64 bits per heavy atom. The Balaban J connectivity index is 0.00000169. The molecule has 70 valence electrons. The Kier molecular flexibility index (Phi) is 5.28. The monoisotopic (exact) mass is 213 g/mol. The molecule has 0 heterocycles. The predicted octanol–water partition coefficient (Wildman–Crippen LogP) is 0.486. The average molecular weight is 214 g/mol. The Bertz CT molecular complexity index is 307. The van der Waals surface area contributed by atoms with Crippen LogP contribution in [0.25, 0.3) is 0 Å². The first-order valence-electron chi connectivity index (χ1n) is 3.27. The van der Waals surface area contributed by atoms with Gasteiger partial charge in [0.1, 0.15) is 0 Å². The summed E-state index contributed by atoms with van der Waals surface area (Å²) in [5, 5.41) is 0.450. The summed E-state index contributed by atoms with van der Waals surface area (Å²) in [6.45, 7) is 0. The van der Waals surface area contributed by atoms with Crippen LogP contribution in [-0.2, 0) is 0 Å². The smallest absolute Gasteiger partial charge is 0.447 e. The summed E-state index contributed by atoms with van der Waals surface area (Å²) in [5.41, 5.74) is 0.168. The minimum absolute atomic E-state index is 0. The molecule has 0 fully saturated rings. The Labute approximate surface area is 96.2 Å². The average Bonchev–Trinajstić information content (AvgIpc) is 2.02. The molecule has 0 aliphatic rings. The molecule has 1 aromatic rings.